The molecule has 1 aromatic carbocycles. The van der Waals surface area contributed by atoms with Crippen LogP contribution in [0.4, 0.5) is 14.6 Å². The van der Waals surface area contributed by atoms with E-state index in [-0.39, 0.29) is 23.0 Å². The lowest BCUT2D eigenvalue weighted by Gasteiger charge is -2.12. The predicted octanol–water partition coefficient (Wildman–Crippen LogP) is 2.24. The number of nitrogens with one attached hydrogen (secondary N) is 1. The molecule has 4 rings (SSSR count). The Balaban J connectivity index is 1.78. The molecule has 1 N–H and O–H groups in total. The van der Waals surface area contributed by atoms with E-state index in [2.05, 4.69) is 19.7 Å². The number of hydrogen-bond donors (Lipinski definition) is 1. The van der Waals surface area contributed by atoms with E-state index in [4.69, 9.17) is 4.74 Å². The topological polar surface area (TPSA) is 116 Å². The van der Waals surface area contributed by atoms with Crippen LogP contribution in [0.3, 0.4) is 0 Å². The summed E-state index contributed by atoms with van der Waals surface area (Å²) < 4.78 is 60.8. The monoisotopic (exact) mass is 445 g/mol. The second-order valence-corrected chi connectivity index (χ2v) is 7.87. The fourth-order valence-corrected chi connectivity index (χ4v) is 3.85. The van der Waals surface area contributed by atoms with Crippen molar-refractivity contribution in [3.05, 3.63) is 77.0 Å². The van der Waals surface area contributed by atoms with Crippen LogP contribution in [-0.4, -0.2) is 34.9 Å². The first-order valence-electron chi connectivity index (χ1n) is 8.65. The second-order valence-electron chi connectivity index (χ2n) is 6.22. The number of nitrogens with zero attached hydrogens (tertiary/aromatic N) is 4. The van der Waals surface area contributed by atoms with Crippen LogP contribution < -0.4 is 15.0 Å². The summed E-state index contributed by atoms with van der Waals surface area (Å²) in [4.78, 5) is 23.6. The Morgan fingerprint density at radius 3 is 2.65 bits per heavy atom. The van der Waals surface area contributed by atoms with E-state index in [1.807, 2.05) is 0 Å². The van der Waals surface area contributed by atoms with Crippen molar-refractivity contribution in [2.75, 3.05) is 11.8 Å². The largest absolute Gasteiger partial charge is 0.478 e. The lowest BCUT2D eigenvalue weighted by molar-refractivity contribution is 0.398. The van der Waals surface area contributed by atoms with E-state index < -0.39 is 26.6 Å². The van der Waals surface area contributed by atoms with Crippen LogP contribution in [0.5, 0.6) is 5.88 Å². The number of rotatable bonds is 5. The minimum Gasteiger partial charge on any atom is -0.478 e. The van der Waals surface area contributed by atoms with Gasteiger partial charge in [-0.2, -0.15) is 0 Å². The van der Waals surface area contributed by atoms with Gasteiger partial charge < -0.3 is 4.74 Å². The van der Waals surface area contributed by atoms with E-state index in [0.29, 0.717) is 17.3 Å². The third-order valence-electron chi connectivity index (χ3n) is 4.23. The van der Waals surface area contributed by atoms with Crippen molar-refractivity contribution in [3.63, 3.8) is 0 Å². The van der Waals surface area contributed by atoms with Crippen LogP contribution in [0.2, 0.25) is 0 Å². The SMILES string of the molecule is COc1ncc(-c2ccc3nccc(=O)n3c2)nc1NS(=O)(=O)c1ccc(F)cc1F. The first-order valence-corrected chi connectivity index (χ1v) is 10.1. The molecule has 0 bridgehead atoms. The number of ether oxygens (including phenoxy) is 1. The maximum absolute atomic E-state index is 14.0. The average molecular weight is 445 g/mol. The van der Waals surface area contributed by atoms with Gasteiger partial charge in [0, 0.05) is 30.1 Å². The number of anilines is 1. The number of halogens is 2. The summed E-state index contributed by atoms with van der Waals surface area (Å²) in [7, 11) is -3.22. The number of pyridine rings is 1. The first kappa shape index (κ1) is 20.3. The van der Waals surface area contributed by atoms with Crippen LogP contribution in [0.15, 0.2) is 64.7 Å². The van der Waals surface area contributed by atoms with Crippen LogP contribution in [0.25, 0.3) is 16.9 Å². The van der Waals surface area contributed by atoms with Gasteiger partial charge >= 0.3 is 0 Å². The van der Waals surface area contributed by atoms with Gasteiger partial charge in [-0.1, -0.05) is 0 Å². The summed E-state index contributed by atoms with van der Waals surface area (Å²) in [6.07, 6.45) is 4.17. The Kier molecular flexibility index (Phi) is 5.07. The van der Waals surface area contributed by atoms with Gasteiger partial charge in [0.2, 0.25) is 5.82 Å². The second kappa shape index (κ2) is 7.72. The standard InChI is InChI=1S/C19H13F2N5O4S/c1-30-19-18(25-31(28,29)15-4-3-12(20)8-13(15)21)24-14(9-23-19)11-2-5-16-22-7-6-17(27)26(16)10-11/h2-10H,1H3,(H,24,25). The molecule has 0 aliphatic rings. The Labute approximate surface area is 174 Å². The number of aromatic nitrogens is 4. The average Bonchev–Trinajstić information content (AvgIpc) is 2.73. The molecule has 12 heteroatoms. The number of fused-ring (bicyclic) bond motifs is 1. The van der Waals surface area contributed by atoms with Gasteiger partial charge in [0.25, 0.3) is 21.5 Å². The molecule has 0 saturated heterocycles. The highest BCUT2D eigenvalue weighted by Crippen LogP contribution is 2.27. The lowest BCUT2D eigenvalue weighted by Crippen LogP contribution is -2.17. The predicted molar refractivity (Wildman–Crippen MR) is 106 cm³/mol. The number of sulfonamides is 1. The lowest BCUT2D eigenvalue weighted by atomic mass is 10.2. The zero-order chi connectivity index (χ0) is 22.2. The Bertz CT molecular complexity index is 1470. The molecule has 0 amide bonds. The molecule has 0 unspecified atom stereocenters. The van der Waals surface area contributed by atoms with Crippen molar-refractivity contribution in [2.24, 2.45) is 0 Å². The van der Waals surface area contributed by atoms with Gasteiger partial charge in [-0.3, -0.25) is 13.9 Å². The van der Waals surface area contributed by atoms with Gasteiger partial charge in [-0.25, -0.2) is 32.2 Å². The quantitative estimate of drug-likeness (QED) is 0.501. The number of benzene rings is 1. The number of methoxy groups -OCH3 is 1. The van der Waals surface area contributed by atoms with Crippen molar-refractivity contribution in [1.82, 2.24) is 19.4 Å². The fourth-order valence-electron chi connectivity index (χ4n) is 2.79. The molecule has 0 atom stereocenters. The highest BCUT2D eigenvalue weighted by atomic mass is 32.2. The highest BCUT2D eigenvalue weighted by Gasteiger charge is 2.23. The number of hydrogen-bond acceptors (Lipinski definition) is 7. The van der Waals surface area contributed by atoms with E-state index in [1.54, 1.807) is 12.1 Å². The molecular formula is C19H13F2N5O4S. The van der Waals surface area contributed by atoms with Gasteiger partial charge in [0.1, 0.15) is 22.2 Å². The van der Waals surface area contributed by atoms with Gasteiger partial charge in [-0.15, -0.1) is 0 Å². The van der Waals surface area contributed by atoms with Crippen molar-refractivity contribution in [3.8, 4) is 17.1 Å². The molecule has 0 fully saturated rings. The summed E-state index contributed by atoms with van der Waals surface area (Å²) in [6.45, 7) is 0. The molecule has 0 spiro atoms. The minimum absolute atomic E-state index is 0.172. The van der Waals surface area contributed by atoms with Gasteiger partial charge in [-0.05, 0) is 24.3 Å². The van der Waals surface area contributed by atoms with Crippen molar-refractivity contribution in [1.29, 1.82) is 0 Å². The zero-order valence-corrected chi connectivity index (χ0v) is 16.6. The summed E-state index contributed by atoms with van der Waals surface area (Å²) in [6, 6.07) is 6.55. The highest BCUT2D eigenvalue weighted by molar-refractivity contribution is 7.92. The maximum Gasteiger partial charge on any atom is 0.266 e. The third-order valence-corrected chi connectivity index (χ3v) is 5.60. The van der Waals surface area contributed by atoms with Crippen LogP contribution in [-0.2, 0) is 10.0 Å². The molecular weight excluding hydrogens is 432 g/mol. The molecule has 31 heavy (non-hydrogen) atoms. The third kappa shape index (κ3) is 3.92. The van der Waals surface area contributed by atoms with Crippen molar-refractivity contribution < 1.29 is 21.9 Å². The van der Waals surface area contributed by atoms with Crippen molar-refractivity contribution >= 4 is 21.5 Å². The van der Waals surface area contributed by atoms with Crippen molar-refractivity contribution in [2.45, 2.75) is 4.90 Å². The van der Waals surface area contributed by atoms with E-state index in [1.165, 1.54) is 36.2 Å². The smallest absolute Gasteiger partial charge is 0.266 e. The van der Waals surface area contributed by atoms with Crippen LogP contribution in [0.1, 0.15) is 0 Å². The van der Waals surface area contributed by atoms with Gasteiger partial charge in [0.15, 0.2) is 0 Å². The normalized spacial score (nSPS) is 11.5. The van der Waals surface area contributed by atoms with Crippen LogP contribution in [0, 0.1) is 11.6 Å². The molecule has 3 aromatic heterocycles. The first-order chi connectivity index (χ1) is 14.8. The summed E-state index contributed by atoms with van der Waals surface area (Å²) >= 11 is 0. The molecule has 0 saturated carbocycles. The van der Waals surface area contributed by atoms with E-state index >= 15 is 0 Å². The fraction of sp³-hybridized carbons (Fsp3) is 0.0526. The maximum atomic E-state index is 14.0. The Hall–Kier alpha value is -3.93. The molecule has 3 heterocycles. The minimum atomic E-state index is -4.47. The Morgan fingerprint density at radius 1 is 1.10 bits per heavy atom. The zero-order valence-electron chi connectivity index (χ0n) is 15.8. The molecule has 158 valence electrons. The molecule has 0 aliphatic heterocycles. The van der Waals surface area contributed by atoms with Crippen LogP contribution >= 0.6 is 0 Å². The molecule has 9 nitrogen and oxygen atoms in total. The Morgan fingerprint density at radius 2 is 1.90 bits per heavy atom. The summed E-state index contributed by atoms with van der Waals surface area (Å²) in [5.74, 6) is -2.68. The summed E-state index contributed by atoms with van der Waals surface area (Å²) in [5, 5.41) is 0. The molecule has 4 aromatic rings. The van der Waals surface area contributed by atoms with Gasteiger partial charge in [0.05, 0.1) is 19.0 Å². The molecule has 0 radical (unpaired) electrons. The van der Waals surface area contributed by atoms with E-state index in [0.717, 1.165) is 12.1 Å². The van der Waals surface area contributed by atoms with E-state index in [9.17, 15) is 22.0 Å². The molecule has 0 aliphatic carbocycles. The summed E-state index contributed by atoms with van der Waals surface area (Å²) in [5.41, 5.74) is 0.730.